The molecule has 1 aliphatic heterocycles. The molecular formula is C14H17N3O2S. The minimum Gasteiger partial charge on any atom is -0.274 e. The molecule has 0 spiro atoms. The van der Waals surface area contributed by atoms with Crippen LogP contribution >= 0.6 is 0 Å². The van der Waals surface area contributed by atoms with Gasteiger partial charge in [-0.25, -0.2) is 8.42 Å². The van der Waals surface area contributed by atoms with E-state index in [0.29, 0.717) is 12.2 Å². The Balaban J connectivity index is 2.12. The van der Waals surface area contributed by atoms with E-state index in [0.717, 1.165) is 24.1 Å². The number of rotatable bonds is 2. The largest absolute Gasteiger partial charge is 0.274 e. The first kappa shape index (κ1) is 13.2. The van der Waals surface area contributed by atoms with E-state index in [1.807, 2.05) is 24.3 Å². The van der Waals surface area contributed by atoms with Crippen molar-refractivity contribution in [3.63, 3.8) is 0 Å². The molecule has 0 radical (unpaired) electrons. The number of fused-ring (bicyclic) bond motifs is 1. The Morgan fingerprint density at radius 3 is 2.70 bits per heavy atom. The van der Waals surface area contributed by atoms with Crippen LogP contribution in [-0.4, -0.2) is 24.7 Å². The number of benzene rings is 1. The highest BCUT2D eigenvalue weighted by atomic mass is 32.2. The van der Waals surface area contributed by atoms with Gasteiger partial charge >= 0.3 is 0 Å². The Morgan fingerprint density at radius 2 is 2.00 bits per heavy atom. The molecule has 0 atom stereocenters. The SMILES string of the molecule is Cc1nn(C)cc1S(=O)(=O)N1CCCc2ccccc21. The smallest absolute Gasteiger partial charge is 0.267 e. The summed E-state index contributed by atoms with van der Waals surface area (Å²) in [7, 11) is -1.80. The molecule has 1 aromatic heterocycles. The lowest BCUT2D eigenvalue weighted by atomic mass is 10.0. The molecular weight excluding hydrogens is 274 g/mol. The van der Waals surface area contributed by atoms with Gasteiger partial charge in [-0.3, -0.25) is 8.99 Å². The summed E-state index contributed by atoms with van der Waals surface area (Å²) in [5, 5.41) is 4.14. The molecule has 1 aliphatic rings. The Kier molecular flexibility index (Phi) is 3.05. The summed E-state index contributed by atoms with van der Waals surface area (Å²) in [4.78, 5) is 0.289. The van der Waals surface area contributed by atoms with E-state index in [4.69, 9.17) is 0 Å². The number of sulfonamides is 1. The topological polar surface area (TPSA) is 55.2 Å². The summed E-state index contributed by atoms with van der Waals surface area (Å²) in [6, 6.07) is 7.69. The monoisotopic (exact) mass is 291 g/mol. The molecule has 2 heterocycles. The second-order valence-electron chi connectivity index (χ2n) is 5.06. The number of aromatic nitrogens is 2. The highest BCUT2D eigenvalue weighted by Crippen LogP contribution is 2.32. The highest BCUT2D eigenvalue weighted by Gasteiger charge is 2.31. The molecule has 0 saturated carbocycles. The van der Waals surface area contributed by atoms with E-state index in [2.05, 4.69) is 5.10 Å². The number of aryl methyl sites for hydroxylation is 3. The van der Waals surface area contributed by atoms with Gasteiger partial charge in [-0.2, -0.15) is 5.10 Å². The predicted octanol–water partition coefficient (Wildman–Crippen LogP) is 1.87. The molecule has 0 saturated heterocycles. The number of para-hydroxylation sites is 1. The zero-order valence-electron chi connectivity index (χ0n) is 11.6. The zero-order valence-corrected chi connectivity index (χ0v) is 12.4. The van der Waals surface area contributed by atoms with Crippen LogP contribution in [0.1, 0.15) is 17.7 Å². The lowest BCUT2D eigenvalue weighted by molar-refractivity contribution is 0.586. The molecule has 5 nitrogen and oxygen atoms in total. The van der Waals surface area contributed by atoms with Gasteiger partial charge in [0.15, 0.2) is 0 Å². The van der Waals surface area contributed by atoms with Gasteiger partial charge < -0.3 is 0 Å². The Labute approximate surface area is 118 Å². The molecule has 0 unspecified atom stereocenters. The molecule has 2 aromatic rings. The molecule has 20 heavy (non-hydrogen) atoms. The van der Waals surface area contributed by atoms with Crippen molar-refractivity contribution in [2.45, 2.75) is 24.7 Å². The van der Waals surface area contributed by atoms with Gasteiger partial charge in [-0.15, -0.1) is 0 Å². The van der Waals surface area contributed by atoms with Crippen LogP contribution in [0.2, 0.25) is 0 Å². The van der Waals surface area contributed by atoms with E-state index in [1.54, 1.807) is 20.2 Å². The summed E-state index contributed by atoms with van der Waals surface area (Å²) >= 11 is 0. The first-order chi connectivity index (χ1) is 9.50. The minimum atomic E-state index is -3.54. The second kappa shape index (κ2) is 4.63. The Hall–Kier alpha value is -1.82. The van der Waals surface area contributed by atoms with Crippen molar-refractivity contribution < 1.29 is 8.42 Å². The lowest BCUT2D eigenvalue weighted by Crippen LogP contribution is -2.35. The fourth-order valence-electron chi connectivity index (χ4n) is 2.70. The van der Waals surface area contributed by atoms with Gasteiger partial charge in [-0.1, -0.05) is 18.2 Å². The van der Waals surface area contributed by atoms with Crippen molar-refractivity contribution in [1.82, 2.24) is 9.78 Å². The van der Waals surface area contributed by atoms with E-state index in [1.165, 1.54) is 8.99 Å². The van der Waals surface area contributed by atoms with E-state index in [-0.39, 0.29) is 4.90 Å². The molecule has 0 bridgehead atoms. The van der Waals surface area contributed by atoms with Gasteiger partial charge in [0.25, 0.3) is 10.0 Å². The third kappa shape index (κ3) is 2.00. The van der Waals surface area contributed by atoms with Crippen LogP contribution in [-0.2, 0) is 23.5 Å². The van der Waals surface area contributed by atoms with Crippen LogP contribution in [0.3, 0.4) is 0 Å². The molecule has 6 heteroatoms. The molecule has 0 amide bonds. The van der Waals surface area contributed by atoms with Crippen molar-refractivity contribution >= 4 is 15.7 Å². The van der Waals surface area contributed by atoms with Gasteiger partial charge in [0.05, 0.1) is 11.4 Å². The van der Waals surface area contributed by atoms with E-state index >= 15 is 0 Å². The number of anilines is 1. The standard InChI is InChI=1S/C14H17N3O2S/c1-11-14(10-16(2)15-11)20(18,19)17-9-5-7-12-6-3-4-8-13(12)17/h3-4,6,8,10H,5,7,9H2,1-2H3. The van der Waals surface area contributed by atoms with Crippen LogP contribution in [0.15, 0.2) is 35.4 Å². The molecule has 0 fully saturated rings. The highest BCUT2D eigenvalue weighted by molar-refractivity contribution is 7.92. The fraction of sp³-hybridized carbons (Fsp3) is 0.357. The van der Waals surface area contributed by atoms with Crippen molar-refractivity contribution in [2.75, 3.05) is 10.8 Å². The lowest BCUT2D eigenvalue weighted by Gasteiger charge is -2.30. The summed E-state index contributed by atoms with van der Waals surface area (Å²) < 4.78 is 28.8. The molecule has 106 valence electrons. The van der Waals surface area contributed by atoms with E-state index < -0.39 is 10.0 Å². The Morgan fingerprint density at radius 1 is 1.25 bits per heavy atom. The van der Waals surface area contributed by atoms with Gasteiger partial charge in [0.1, 0.15) is 4.90 Å². The predicted molar refractivity (Wildman–Crippen MR) is 77.2 cm³/mol. The second-order valence-corrected chi connectivity index (χ2v) is 6.89. The average Bonchev–Trinajstić information content (AvgIpc) is 2.78. The quantitative estimate of drug-likeness (QED) is 0.849. The van der Waals surface area contributed by atoms with Crippen LogP contribution in [0.4, 0.5) is 5.69 Å². The number of nitrogens with zero attached hydrogens (tertiary/aromatic N) is 3. The van der Waals surface area contributed by atoms with E-state index in [9.17, 15) is 8.42 Å². The van der Waals surface area contributed by atoms with Crippen molar-refractivity contribution in [1.29, 1.82) is 0 Å². The zero-order chi connectivity index (χ0) is 14.3. The Bertz CT molecular complexity index is 750. The average molecular weight is 291 g/mol. The van der Waals surface area contributed by atoms with Crippen molar-refractivity contribution in [3.8, 4) is 0 Å². The van der Waals surface area contributed by atoms with Crippen LogP contribution in [0.25, 0.3) is 0 Å². The van der Waals surface area contributed by atoms with Crippen LogP contribution in [0.5, 0.6) is 0 Å². The third-order valence-electron chi connectivity index (χ3n) is 3.60. The normalized spacial score (nSPS) is 15.2. The van der Waals surface area contributed by atoms with Crippen molar-refractivity contribution in [2.24, 2.45) is 7.05 Å². The molecule has 0 N–H and O–H groups in total. The van der Waals surface area contributed by atoms with Crippen LogP contribution in [0, 0.1) is 6.92 Å². The maximum Gasteiger partial charge on any atom is 0.267 e. The fourth-order valence-corrected chi connectivity index (χ4v) is 4.44. The van der Waals surface area contributed by atoms with Crippen LogP contribution < -0.4 is 4.31 Å². The first-order valence-electron chi connectivity index (χ1n) is 6.61. The molecule has 1 aromatic carbocycles. The maximum absolute atomic E-state index is 12.9. The number of hydrogen-bond donors (Lipinski definition) is 0. The summed E-state index contributed by atoms with van der Waals surface area (Å²) in [5.74, 6) is 0. The van der Waals surface area contributed by atoms with Gasteiger partial charge in [-0.05, 0) is 31.4 Å². The molecule has 0 aliphatic carbocycles. The minimum absolute atomic E-state index is 0.289. The third-order valence-corrected chi connectivity index (χ3v) is 5.52. The molecule has 3 rings (SSSR count). The summed E-state index contributed by atoms with van der Waals surface area (Å²) in [6.45, 7) is 2.25. The number of hydrogen-bond acceptors (Lipinski definition) is 3. The van der Waals surface area contributed by atoms with Gasteiger partial charge in [0.2, 0.25) is 0 Å². The van der Waals surface area contributed by atoms with Gasteiger partial charge in [0, 0.05) is 19.8 Å². The van der Waals surface area contributed by atoms with Crippen molar-refractivity contribution in [3.05, 3.63) is 41.7 Å². The maximum atomic E-state index is 12.9. The summed E-state index contributed by atoms with van der Waals surface area (Å²) in [5.41, 5.74) is 2.42. The first-order valence-corrected chi connectivity index (χ1v) is 8.05. The summed E-state index contributed by atoms with van der Waals surface area (Å²) in [6.07, 6.45) is 3.34.